The Morgan fingerprint density at radius 3 is 2.29 bits per heavy atom. The van der Waals surface area contributed by atoms with Crippen molar-refractivity contribution in [2.75, 3.05) is 11.9 Å². The van der Waals surface area contributed by atoms with E-state index in [4.69, 9.17) is 16.7 Å². The lowest BCUT2D eigenvalue weighted by Gasteiger charge is -2.24. The molecule has 0 unspecified atom stereocenters. The number of carbonyl (C=O) groups excluding carboxylic acids is 2. The van der Waals surface area contributed by atoms with Gasteiger partial charge in [0.2, 0.25) is 5.91 Å². The maximum absolute atomic E-state index is 13.3. The van der Waals surface area contributed by atoms with Crippen LogP contribution in [0.25, 0.3) is 11.1 Å². The van der Waals surface area contributed by atoms with E-state index < -0.39 is 17.8 Å². The van der Waals surface area contributed by atoms with Crippen molar-refractivity contribution in [2.45, 2.75) is 25.4 Å². The summed E-state index contributed by atoms with van der Waals surface area (Å²) in [6, 6.07) is 17.0. The van der Waals surface area contributed by atoms with Crippen LogP contribution in [0.1, 0.15) is 28.8 Å². The van der Waals surface area contributed by atoms with E-state index in [0.29, 0.717) is 30.6 Å². The number of carboxylic acid groups (broad SMARTS) is 1. The third kappa shape index (κ3) is 5.78. The van der Waals surface area contributed by atoms with Crippen molar-refractivity contribution in [3.8, 4) is 11.1 Å². The molecule has 35 heavy (non-hydrogen) atoms. The van der Waals surface area contributed by atoms with Crippen molar-refractivity contribution in [1.29, 1.82) is 0 Å². The molecule has 1 heterocycles. The van der Waals surface area contributed by atoms with Crippen molar-refractivity contribution in [3.63, 3.8) is 0 Å². The highest BCUT2D eigenvalue weighted by Gasteiger charge is 2.34. The van der Waals surface area contributed by atoms with Gasteiger partial charge in [-0.15, -0.1) is 0 Å². The Bertz CT molecular complexity index is 1250. The molecule has 9 heteroatoms. The fourth-order valence-electron chi connectivity index (χ4n) is 3.99. The van der Waals surface area contributed by atoms with Gasteiger partial charge in [0.15, 0.2) is 0 Å². The summed E-state index contributed by atoms with van der Waals surface area (Å²) in [5.41, 5.74) is 3.19. The molecule has 1 saturated heterocycles. The zero-order valence-corrected chi connectivity index (χ0v) is 19.4. The zero-order valence-electron chi connectivity index (χ0n) is 18.6. The molecule has 0 aromatic heterocycles. The van der Waals surface area contributed by atoms with Gasteiger partial charge in [0.05, 0.1) is 10.6 Å². The van der Waals surface area contributed by atoms with Gasteiger partial charge >= 0.3 is 12.0 Å². The number of anilines is 1. The van der Waals surface area contributed by atoms with Crippen LogP contribution < -0.4 is 10.6 Å². The van der Waals surface area contributed by atoms with E-state index in [1.807, 2.05) is 12.1 Å². The van der Waals surface area contributed by atoms with Gasteiger partial charge in [-0.1, -0.05) is 41.9 Å². The van der Waals surface area contributed by atoms with E-state index in [2.05, 4.69) is 10.6 Å². The van der Waals surface area contributed by atoms with Crippen LogP contribution in [0.4, 0.5) is 14.9 Å². The number of benzene rings is 3. The summed E-state index contributed by atoms with van der Waals surface area (Å²) < 4.78 is 13.3. The number of urea groups is 1. The Labute approximate surface area is 206 Å². The predicted octanol–water partition coefficient (Wildman–Crippen LogP) is 5.16. The lowest BCUT2D eigenvalue weighted by atomic mass is 10.0. The summed E-state index contributed by atoms with van der Waals surface area (Å²) in [7, 11) is 0. The second kappa shape index (κ2) is 10.6. The molecule has 1 atom stereocenters. The van der Waals surface area contributed by atoms with Gasteiger partial charge in [-0.25, -0.2) is 14.0 Å². The molecule has 1 fully saturated rings. The SMILES string of the molecule is O=C(O)c1ccc(-c2ccc(NC(=O)[C@H]3CCCN3C(=O)NCc3ccc(F)c(Cl)c3)cc2)cc1. The van der Waals surface area contributed by atoms with E-state index in [0.717, 1.165) is 11.1 Å². The molecule has 3 aromatic carbocycles. The quantitative estimate of drug-likeness (QED) is 0.440. The number of likely N-dealkylation sites (tertiary alicyclic amines) is 1. The topological polar surface area (TPSA) is 98.7 Å². The first-order valence-electron chi connectivity index (χ1n) is 11.0. The molecule has 3 amide bonds. The van der Waals surface area contributed by atoms with Crippen molar-refractivity contribution >= 4 is 35.2 Å². The van der Waals surface area contributed by atoms with E-state index in [-0.39, 0.29) is 29.1 Å². The molecule has 0 bridgehead atoms. The minimum Gasteiger partial charge on any atom is -0.478 e. The van der Waals surface area contributed by atoms with Crippen LogP contribution >= 0.6 is 11.6 Å². The molecule has 0 aliphatic carbocycles. The van der Waals surface area contributed by atoms with Gasteiger partial charge < -0.3 is 20.6 Å². The largest absolute Gasteiger partial charge is 0.478 e. The first-order chi connectivity index (χ1) is 16.8. The van der Waals surface area contributed by atoms with Crippen molar-refractivity contribution in [2.24, 2.45) is 0 Å². The maximum atomic E-state index is 13.3. The molecule has 4 rings (SSSR count). The molecule has 0 radical (unpaired) electrons. The van der Waals surface area contributed by atoms with Crippen LogP contribution in [0.2, 0.25) is 5.02 Å². The van der Waals surface area contributed by atoms with Crippen LogP contribution in [0.15, 0.2) is 66.7 Å². The molecule has 3 N–H and O–H groups in total. The molecular weight excluding hydrogens is 473 g/mol. The number of halogens is 2. The fourth-order valence-corrected chi connectivity index (χ4v) is 4.19. The number of aromatic carboxylic acids is 1. The summed E-state index contributed by atoms with van der Waals surface area (Å²) in [6.07, 6.45) is 1.26. The van der Waals surface area contributed by atoms with Crippen molar-refractivity contribution in [1.82, 2.24) is 10.2 Å². The standard InChI is InChI=1S/C26H23ClFN3O4/c27-21-14-16(3-12-22(21)28)15-29-26(35)31-13-1-2-23(31)24(32)30-20-10-8-18(9-11-20)17-4-6-19(7-5-17)25(33)34/h3-12,14,23H,1-2,13,15H2,(H,29,35)(H,30,32)(H,33,34)/t23-/m1/s1. The average Bonchev–Trinajstić information content (AvgIpc) is 3.35. The van der Waals surface area contributed by atoms with Crippen LogP contribution in [-0.2, 0) is 11.3 Å². The Kier molecular flexibility index (Phi) is 7.31. The highest BCUT2D eigenvalue weighted by atomic mass is 35.5. The summed E-state index contributed by atoms with van der Waals surface area (Å²) in [5.74, 6) is -1.78. The minimum absolute atomic E-state index is 0.0153. The molecule has 0 saturated carbocycles. The van der Waals surface area contributed by atoms with Crippen LogP contribution in [0.5, 0.6) is 0 Å². The number of hydrogen-bond donors (Lipinski definition) is 3. The normalized spacial score (nSPS) is 15.0. The lowest BCUT2D eigenvalue weighted by Crippen LogP contribution is -2.47. The van der Waals surface area contributed by atoms with Crippen molar-refractivity contribution in [3.05, 3.63) is 88.7 Å². The Morgan fingerprint density at radius 2 is 1.66 bits per heavy atom. The lowest BCUT2D eigenvalue weighted by molar-refractivity contribution is -0.119. The number of nitrogens with zero attached hydrogens (tertiary/aromatic N) is 1. The van der Waals surface area contributed by atoms with Crippen LogP contribution in [-0.4, -0.2) is 40.5 Å². The van der Waals surface area contributed by atoms with Crippen LogP contribution in [0, 0.1) is 5.82 Å². The number of carbonyl (C=O) groups is 3. The van der Waals surface area contributed by atoms with Gasteiger partial charge in [-0.05, 0) is 65.9 Å². The van der Waals surface area contributed by atoms with Gasteiger partial charge in [0, 0.05) is 18.8 Å². The Hall–Kier alpha value is -3.91. The van der Waals surface area contributed by atoms with Crippen molar-refractivity contribution < 1.29 is 23.9 Å². The van der Waals surface area contributed by atoms with E-state index in [9.17, 15) is 18.8 Å². The first kappa shape index (κ1) is 24.2. The van der Waals surface area contributed by atoms with Gasteiger partial charge in [0.1, 0.15) is 11.9 Å². The number of amides is 3. The highest BCUT2D eigenvalue weighted by molar-refractivity contribution is 6.30. The third-order valence-electron chi connectivity index (χ3n) is 5.86. The Balaban J connectivity index is 1.35. The summed E-state index contributed by atoms with van der Waals surface area (Å²) in [6.45, 7) is 0.623. The van der Waals surface area contributed by atoms with Gasteiger partial charge in [0.25, 0.3) is 0 Å². The zero-order chi connectivity index (χ0) is 24.9. The van der Waals surface area contributed by atoms with E-state index in [1.54, 1.807) is 30.3 Å². The fraction of sp³-hybridized carbons (Fsp3) is 0.192. The van der Waals surface area contributed by atoms with E-state index >= 15 is 0 Å². The number of rotatable bonds is 6. The summed E-state index contributed by atoms with van der Waals surface area (Å²) in [4.78, 5) is 38.1. The number of hydrogen-bond acceptors (Lipinski definition) is 3. The van der Waals surface area contributed by atoms with Gasteiger partial charge in [-0.3, -0.25) is 4.79 Å². The molecule has 1 aliphatic rings. The Morgan fingerprint density at radius 1 is 1.00 bits per heavy atom. The molecule has 180 valence electrons. The summed E-state index contributed by atoms with van der Waals surface area (Å²) >= 11 is 5.79. The van der Waals surface area contributed by atoms with Gasteiger partial charge in [-0.2, -0.15) is 0 Å². The third-order valence-corrected chi connectivity index (χ3v) is 6.15. The second-order valence-electron chi connectivity index (χ2n) is 8.21. The van der Waals surface area contributed by atoms with Crippen LogP contribution in [0.3, 0.4) is 0 Å². The van der Waals surface area contributed by atoms with E-state index in [1.165, 1.54) is 29.2 Å². The highest BCUT2D eigenvalue weighted by Crippen LogP contribution is 2.24. The number of nitrogens with one attached hydrogen (secondary N) is 2. The molecule has 7 nitrogen and oxygen atoms in total. The summed E-state index contributed by atoms with van der Waals surface area (Å²) in [5, 5.41) is 14.6. The monoisotopic (exact) mass is 495 g/mol. The molecular formula is C26H23ClFN3O4. The molecule has 3 aromatic rings. The molecule has 0 spiro atoms. The molecule has 1 aliphatic heterocycles. The smallest absolute Gasteiger partial charge is 0.335 e. The minimum atomic E-state index is -0.982. The second-order valence-corrected chi connectivity index (χ2v) is 8.61. The predicted molar refractivity (Wildman–Crippen MR) is 131 cm³/mol. The number of carboxylic acids is 1. The maximum Gasteiger partial charge on any atom is 0.335 e. The average molecular weight is 496 g/mol. The first-order valence-corrected chi connectivity index (χ1v) is 11.4.